The second kappa shape index (κ2) is 4.91. The minimum Gasteiger partial charge on any atom is -0.465 e. The maximum Gasteiger partial charge on any atom is 0.342 e. The van der Waals surface area contributed by atoms with Crippen molar-refractivity contribution in [3.63, 3.8) is 0 Å². The molecule has 0 N–H and O–H groups in total. The fourth-order valence-electron chi connectivity index (χ4n) is 0.849. The maximum absolute atomic E-state index is 11.0. The standard InChI is InChI=1S/C10H8NO3/c1-14-10(13)8(7-12)6-9-4-2-3-5-11-9/h2-6H,1H3. The van der Waals surface area contributed by atoms with Gasteiger partial charge in [-0.15, -0.1) is 0 Å². The van der Waals surface area contributed by atoms with Crippen molar-refractivity contribution in [2.45, 2.75) is 0 Å². The van der Waals surface area contributed by atoms with Crippen molar-refractivity contribution in [3.8, 4) is 0 Å². The van der Waals surface area contributed by atoms with Crippen molar-refractivity contribution in [2.24, 2.45) is 0 Å². The largest absolute Gasteiger partial charge is 0.465 e. The quantitative estimate of drug-likeness (QED) is 0.305. The molecule has 1 aromatic heterocycles. The van der Waals surface area contributed by atoms with E-state index in [4.69, 9.17) is 0 Å². The molecular weight excluding hydrogens is 182 g/mol. The van der Waals surface area contributed by atoms with Gasteiger partial charge >= 0.3 is 5.97 Å². The van der Waals surface area contributed by atoms with E-state index in [1.54, 1.807) is 24.4 Å². The molecule has 14 heavy (non-hydrogen) atoms. The van der Waals surface area contributed by atoms with Gasteiger partial charge in [-0.2, -0.15) is 0 Å². The minimum atomic E-state index is -0.717. The normalized spacial score (nSPS) is 10.8. The highest BCUT2D eigenvalue weighted by molar-refractivity contribution is 6.11. The van der Waals surface area contributed by atoms with Gasteiger partial charge in [0, 0.05) is 6.20 Å². The van der Waals surface area contributed by atoms with Gasteiger partial charge in [-0.3, -0.25) is 9.78 Å². The number of methoxy groups -OCH3 is 1. The summed E-state index contributed by atoms with van der Waals surface area (Å²) in [5.74, 6) is -0.717. The van der Waals surface area contributed by atoms with Gasteiger partial charge in [-0.05, 0) is 18.2 Å². The molecule has 0 aromatic carbocycles. The zero-order chi connectivity index (χ0) is 10.4. The Hall–Kier alpha value is -1.97. The molecule has 4 nitrogen and oxygen atoms in total. The SMILES string of the molecule is COC(=O)C([C]=O)=Cc1ccccn1. The van der Waals surface area contributed by atoms with Crippen LogP contribution in [0, 0.1) is 0 Å². The van der Waals surface area contributed by atoms with Crippen molar-refractivity contribution in [1.82, 2.24) is 4.98 Å². The zero-order valence-corrected chi connectivity index (χ0v) is 7.56. The van der Waals surface area contributed by atoms with Gasteiger partial charge in [-0.25, -0.2) is 4.79 Å². The Kier molecular flexibility index (Phi) is 3.55. The summed E-state index contributed by atoms with van der Waals surface area (Å²) in [5.41, 5.74) is 0.336. The van der Waals surface area contributed by atoms with Gasteiger partial charge in [-0.1, -0.05) is 6.07 Å². The summed E-state index contributed by atoms with van der Waals surface area (Å²) in [6, 6.07) is 5.15. The van der Waals surface area contributed by atoms with Gasteiger partial charge in [0.15, 0.2) is 0 Å². The molecule has 1 rings (SSSR count). The lowest BCUT2D eigenvalue weighted by molar-refractivity contribution is -0.135. The lowest BCUT2D eigenvalue weighted by atomic mass is 10.2. The fraction of sp³-hybridized carbons (Fsp3) is 0.100. The first-order valence-electron chi connectivity index (χ1n) is 3.87. The highest BCUT2D eigenvalue weighted by Crippen LogP contribution is 2.02. The van der Waals surface area contributed by atoms with Crippen LogP contribution in [0.3, 0.4) is 0 Å². The minimum absolute atomic E-state index is 0.175. The van der Waals surface area contributed by atoms with Crippen LogP contribution in [0.5, 0.6) is 0 Å². The first-order valence-corrected chi connectivity index (χ1v) is 3.87. The van der Waals surface area contributed by atoms with Crippen LogP contribution in [0.25, 0.3) is 6.08 Å². The van der Waals surface area contributed by atoms with Crippen LogP contribution in [-0.4, -0.2) is 24.3 Å². The highest BCUT2D eigenvalue weighted by Gasteiger charge is 2.09. The van der Waals surface area contributed by atoms with Gasteiger partial charge in [0.05, 0.1) is 12.8 Å². The Labute approximate surface area is 81.2 Å². The molecule has 0 saturated carbocycles. The summed E-state index contributed by atoms with van der Waals surface area (Å²) >= 11 is 0. The van der Waals surface area contributed by atoms with Crippen LogP contribution < -0.4 is 0 Å². The number of esters is 1. The molecule has 0 aliphatic rings. The molecule has 0 fully saturated rings. The summed E-state index contributed by atoms with van der Waals surface area (Å²) in [4.78, 5) is 25.3. The Morgan fingerprint density at radius 3 is 2.86 bits per heavy atom. The number of pyridine rings is 1. The van der Waals surface area contributed by atoms with Crippen molar-refractivity contribution >= 4 is 18.3 Å². The Bertz CT molecular complexity index is 357. The molecule has 0 aliphatic carbocycles. The fourth-order valence-corrected chi connectivity index (χ4v) is 0.849. The molecule has 0 amide bonds. The number of ether oxygens (including phenoxy) is 1. The third kappa shape index (κ3) is 2.52. The topological polar surface area (TPSA) is 56.3 Å². The van der Waals surface area contributed by atoms with Gasteiger partial charge in [0.2, 0.25) is 6.29 Å². The molecule has 0 spiro atoms. The second-order valence-electron chi connectivity index (χ2n) is 2.41. The van der Waals surface area contributed by atoms with E-state index in [0.29, 0.717) is 5.69 Å². The van der Waals surface area contributed by atoms with Crippen molar-refractivity contribution < 1.29 is 14.3 Å². The van der Waals surface area contributed by atoms with Crippen LogP contribution in [0.4, 0.5) is 0 Å². The lowest BCUT2D eigenvalue weighted by Gasteiger charge is -1.96. The molecular formula is C10H8NO3. The van der Waals surface area contributed by atoms with Crippen LogP contribution in [-0.2, 0) is 14.3 Å². The molecule has 1 heterocycles. The molecule has 0 saturated heterocycles. The summed E-state index contributed by atoms with van der Waals surface area (Å²) in [6.45, 7) is 0. The third-order valence-corrected chi connectivity index (χ3v) is 1.50. The van der Waals surface area contributed by atoms with E-state index in [1.807, 2.05) is 0 Å². The average molecular weight is 190 g/mol. The van der Waals surface area contributed by atoms with Gasteiger partial charge in [0.25, 0.3) is 0 Å². The first kappa shape index (κ1) is 10.1. The van der Waals surface area contributed by atoms with E-state index in [2.05, 4.69) is 9.72 Å². The highest BCUT2D eigenvalue weighted by atomic mass is 16.5. The molecule has 0 atom stereocenters. The molecule has 4 heteroatoms. The summed E-state index contributed by atoms with van der Waals surface area (Å²) < 4.78 is 4.38. The Morgan fingerprint density at radius 1 is 1.57 bits per heavy atom. The number of hydrogen-bond donors (Lipinski definition) is 0. The van der Waals surface area contributed by atoms with Crippen LogP contribution in [0.1, 0.15) is 5.69 Å². The van der Waals surface area contributed by atoms with Crippen LogP contribution in [0.2, 0.25) is 0 Å². The maximum atomic E-state index is 11.0. The number of hydrogen-bond acceptors (Lipinski definition) is 4. The van der Waals surface area contributed by atoms with Crippen LogP contribution >= 0.6 is 0 Å². The summed E-state index contributed by atoms with van der Waals surface area (Å²) in [6.07, 6.45) is 4.38. The predicted molar refractivity (Wildman–Crippen MR) is 49.9 cm³/mol. The summed E-state index contributed by atoms with van der Waals surface area (Å²) in [7, 11) is 1.20. The van der Waals surface area contributed by atoms with E-state index < -0.39 is 5.97 Å². The smallest absolute Gasteiger partial charge is 0.342 e. The lowest BCUT2D eigenvalue weighted by Crippen LogP contribution is -2.05. The van der Waals surface area contributed by atoms with E-state index in [-0.39, 0.29) is 5.57 Å². The Balaban J connectivity index is 2.95. The third-order valence-electron chi connectivity index (χ3n) is 1.50. The van der Waals surface area contributed by atoms with E-state index in [9.17, 15) is 9.59 Å². The molecule has 0 aliphatic heterocycles. The number of carbonyl (C=O) groups is 1. The van der Waals surface area contributed by atoms with E-state index in [1.165, 1.54) is 19.5 Å². The molecule has 71 valence electrons. The number of carbonyl (C=O) groups excluding carboxylic acids is 2. The molecule has 1 radical (unpaired) electrons. The number of aromatic nitrogens is 1. The molecule has 0 bridgehead atoms. The monoisotopic (exact) mass is 190 g/mol. The average Bonchev–Trinajstić information content (AvgIpc) is 2.26. The van der Waals surface area contributed by atoms with Gasteiger partial charge in [0.1, 0.15) is 5.57 Å². The first-order chi connectivity index (χ1) is 6.77. The second-order valence-corrected chi connectivity index (χ2v) is 2.41. The van der Waals surface area contributed by atoms with Gasteiger partial charge < -0.3 is 4.74 Å². The van der Waals surface area contributed by atoms with E-state index >= 15 is 0 Å². The Morgan fingerprint density at radius 2 is 2.36 bits per heavy atom. The van der Waals surface area contributed by atoms with Crippen molar-refractivity contribution in [2.75, 3.05) is 7.11 Å². The number of nitrogens with zero attached hydrogens (tertiary/aromatic N) is 1. The van der Waals surface area contributed by atoms with Crippen molar-refractivity contribution in [3.05, 3.63) is 35.7 Å². The predicted octanol–water partition coefficient (Wildman–Crippen LogP) is 0.748. The molecule has 1 aromatic rings. The molecule has 0 unspecified atom stereocenters. The van der Waals surface area contributed by atoms with E-state index in [0.717, 1.165) is 0 Å². The zero-order valence-electron chi connectivity index (χ0n) is 7.56. The van der Waals surface area contributed by atoms with Crippen molar-refractivity contribution in [1.29, 1.82) is 0 Å². The summed E-state index contributed by atoms with van der Waals surface area (Å²) in [5, 5.41) is 0. The number of rotatable bonds is 3. The van der Waals surface area contributed by atoms with Crippen LogP contribution in [0.15, 0.2) is 30.0 Å².